The predicted octanol–water partition coefficient (Wildman–Crippen LogP) is 1.12. The molecule has 1 unspecified atom stereocenters. The van der Waals surface area contributed by atoms with Gasteiger partial charge in [0.25, 0.3) is 5.91 Å². The molecule has 1 amide bonds. The van der Waals surface area contributed by atoms with E-state index in [-0.39, 0.29) is 17.8 Å². The number of carbonyl (C=O) groups excluding carboxylic acids is 1. The molecule has 2 aromatic heterocycles. The Balaban J connectivity index is 1.79. The zero-order chi connectivity index (χ0) is 16.4. The minimum Gasteiger partial charge on any atom is -0.494 e. The molecule has 3 N–H and O–H groups in total. The average molecular weight is 316 g/mol. The van der Waals surface area contributed by atoms with Crippen molar-refractivity contribution in [3.63, 3.8) is 0 Å². The van der Waals surface area contributed by atoms with Gasteiger partial charge in [0.1, 0.15) is 11.6 Å². The van der Waals surface area contributed by atoms with Crippen molar-refractivity contribution in [2.75, 3.05) is 25.9 Å². The zero-order valence-corrected chi connectivity index (χ0v) is 13.2. The number of aromatic amines is 1. The number of amides is 1. The number of methoxy groups -OCH3 is 1. The van der Waals surface area contributed by atoms with Crippen LogP contribution in [0, 0.1) is 6.92 Å². The number of hydrogen-bond acceptors (Lipinski definition) is 6. The maximum absolute atomic E-state index is 12.8. The fourth-order valence-corrected chi connectivity index (χ4v) is 2.86. The number of carbonyl (C=O) groups is 1. The van der Waals surface area contributed by atoms with E-state index in [9.17, 15) is 4.79 Å². The summed E-state index contributed by atoms with van der Waals surface area (Å²) in [7, 11) is 1.55. The van der Waals surface area contributed by atoms with Crippen LogP contribution in [0.5, 0.6) is 5.75 Å². The normalized spacial score (nSPS) is 18.0. The summed E-state index contributed by atoms with van der Waals surface area (Å²) in [5.41, 5.74) is 6.86. The summed E-state index contributed by atoms with van der Waals surface area (Å²) in [5.74, 6) is 1.43. The topological polar surface area (TPSA) is 110 Å². The van der Waals surface area contributed by atoms with E-state index in [2.05, 4.69) is 20.2 Å². The molecule has 0 bridgehead atoms. The largest absolute Gasteiger partial charge is 0.494 e. The van der Waals surface area contributed by atoms with Gasteiger partial charge in [-0.05, 0) is 31.4 Å². The van der Waals surface area contributed by atoms with E-state index in [1.54, 1.807) is 18.2 Å². The fraction of sp³-hybridized carbons (Fsp3) is 0.467. The predicted molar refractivity (Wildman–Crippen MR) is 84.2 cm³/mol. The van der Waals surface area contributed by atoms with Crippen LogP contribution in [0.3, 0.4) is 0 Å². The van der Waals surface area contributed by atoms with E-state index in [0.29, 0.717) is 24.5 Å². The molecule has 122 valence electrons. The summed E-state index contributed by atoms with van der Waals surface area (Å²) >= 11 is 0. The van der Waals surface area contributed by atoms with Crippen molar-refractivity contribution < 1.29 is 9.53 Å². The van der Waals surface area contributed by atoms with Crippen LogP contribution < -0.4 is 10.5 Å². The Labute approximate surface area is 134 Å². The monoisotopic (exact) mass is 316 g/mol. The van der Waals surface area contributed by atoms with Crippen LogP contribution in [0.4, 0.5) is 5.95 Å². The van der Waals surface area contributed by atoms with Gasteiger partial charge >= 0.3 is 0 Å². The van der Waals surface area contributed by atoms with Crippen LogP contribution in [-0.4, -0.2) is 51.2 Å². The molecule has 0 saturated carbocycles. The first-order valence-corrected chi connectivity index (χ1v) is 7.56. The Morgan fingerprint density at radius 2 is 2.35 bits per heavy atom. The van der Waals surface area contributed by atoms with Crippen molar-refractivity contribution >= 4 is 11.9 Å². The zero-order valence-electron chi connectivity index (χ0n) is 13.2. The van der Waals surface area contributed by atoms with Crippen molar-refractivity contribution in [2.45, 2.75) is 25.7 Å². The first kappa shape index (κ1) is 15.3. The summed E-state index contributed by atoms with van der Waals surface area (Å²) < 4.78 is 5.30. The number of likely N-dealkylation sites (tertiary alicyclic amines) is 1. The van der Waals surface area contributed by atoms with Gasteiger partial charge < -0.3 is 15.4 Å². The number of nitrogens with zero attached hydrogens (tertiary/aromatic N) is 4. The van der Waals surface area contributed by atoms with E-state index in [0.717, 1.165) is 24.2 Å². The van der Waals surface area contributed by atoms with E-state index >= 15 is 0 Å². The van der Waals surface area contributed by atoms with Crippen LogP contribution in [-0.2, 0) is 0 Å². The molecule has 1 aliphatic heterocycles. The first-order valence-electron chi connectivity index (χ1n) is 7.56. The van der Waals surface area contributed by atoms with Crippen LogP contribution in [0.25, 0.3) is 0 Å². The highest BCUT2D eigenvalue weighted by Crippen LogP contribution is 2.27. The molecule has 3 rings (SSSR count). The Bertz CT molecular complexity index is 714. The average Bonchev–Trinajstić information content (AvgIpc) is 3.01. The number of piperidine rings is 1. The summed E-state index contributed by atoms with van der Waals surface area (Å²) in [4.78, 5) is 23.0. The standard InChI is InChI=1S/C15H20N6O2/c1-9-6-11(23-2)12(17-7-9)14(22)21-5-3-4-10(8-21)13-18-15(16)20-19-13/h6-7,10H,3-5,8H2,1-2H3,(H3,16,18,19,20). The summed E-state index contributed by atoms with van der Waals surface area (Å²) in [5, 5.41) is 6.70. The lowest BCUT2D eigenvalue weighted by atomic mass is 9.97. The van der Waals surface area contributed by atoms with Gasteiger partial charge in [-0.3, -0.25) is 9.89 Å². The van der Waals surface area contributed by atoms with Crippen LogP contribution in [0.15, 0.2) is 12.3 Å². The van der Waals surface area contributed by atoms with Gasteiger partial charge in [0, 0.05) is 25.2 Å². The second-order valence-corrected chi connectivity index (χ2v) is 5.73. The van der Waals surface area contributed by atoms with Crippen LogP contribution in [0.2, 0.25) is 0 Å². The second kappa shape index (κ2) is 6.23. The number of pyridine rings is 1. The highest BCUT2D eigenvalue weighted by atomic mass is 16.5. The van der Waals surface area contributed by atoms with Crippen LogP contribution in [0.1, 0.15) is 40.6 Å². The molecule has 3 heterocycles. The van der Waals surface area contributed by atoms with Crippen molar-refractivity contribution in [2.24, 2.45) is 0 Å². The quantitative estimate of drug-likeness (QED) is 0.878. The van der Waals surface area contributed by atoms with Crippen molar-refractivity contribution in [1.29, 1.82) is 0 Å². The van der Waals surface area contributed by atoms with Crippen molar-refractivity contribution in [3.05, 3.63) is 29.3 Å². The molecule has 8 heteroatoms. The van der Waals surface area contributed by atoms with Gasteiger partial charge in [-0.2, -0.15) is 4.98 Å². The minimum absolute atomic E-state index is 0.106. The third-order valence-electron chi connectivity index (χ3n) is 4.03. The molecular formula is C15H20N6O2. The summed E-state index contributed by atoms with van der Waals surface area (Å²) in [6, 6.07) is 1.82. The fourth-order valence-electron chi connectivity index (χ4n) is 2.86. The van der Waals surface area contributed by atoms with E-state index in [1.165, 1.54) is 0 Å². The maximum atomic E-state index is 12.8. The Morgan fingerprint density at radius 1 is 1.52 bits per heavy atom. The minimum atomic E-state index is -0.126. The molecule has 0 aromatic carbocycles. The van der Waals surface area contributed by atoms with E-state index < -0.39 is 0 Å². The molecule has 2 aromatic rings. The molecule has 1 saturated heterocycles. The van der Waals surface area contributed by atoms with Gasteiger partial charge in [0.15, 0.2) is 5.69 Å². The van der Waals surface area contributed by atoms with Gasteiger partial charge in [-0.1, -0.05) is 0 Å². The number of nitrogens with two attached hydrogens (primary N) is 1. The van der Waals surface area contributed by atoms with Gasteiger partial charge in [-0.25, -0.2) is 4.98 Å². The summed E-state index contributed by atoms with van der Waals surface area (Å²) in [6.07, 6.45) is 3.51. The second-order valence-electron chi connectivity index (χ2n) is 5.73. The summed E-state index contributed by atoms with van der Waals surface area (Å²) in [6.45, 7) is 3.17. The lowest BCUT2D eigenvalue weighted by Crippen LogP contribution is -2.40. The Morgan fingerprint density at radius 3 is 3.04 bits per heavy atom. The van der Waals surface area contributed by atoms with E-state index in [1.807, 2.05) is 13.0 Å². The first-order chi connectivity index (χ1) is 11.1. The molecule has 1 fully saturated rings. The number of nitrogens with one attached hydrogen (secondary N) is 1. The highest BCUT2D eigenvalue weighted by Gasteiger charge is 2.29. The number of ether oxygens (including phenoxy) is 1. The Hall–Kier alpha value is -2.64. The highest BCUT2D eigenvalue weighted by molar-refractivity contribution is 5.95. The lowest BCUT2D eigenvalue weighted by molar-refractivity contribution is 0.0695. The van der Waals surface area contributed by atoms with Crippen LogP contribution >= 0.6 is 0 Å². The maximum Gasteiger partial charge on any atom is 0.276 e. The molecule has 23 heavy (non-hydrogen) atoms. The third kappa shape index (κ3) is 3.10. The smallest absolute Gasteiger partial charge is 0.276 e. The SMILES string of the molecule is COc1cc(C)cnc1C(=O)N1CCCC(c2nc(N)n[nH]2)C1. The molecule has 8 nitrogen and oxygen atoms in total. The molecular weight excluding hydrogens is 296 g/mol. The number of hydrogen-bond donors (Lipinski definition) is 2. The molecule has 0 spiro atoms. The van der Waals surface area contributed by atoms with Gasteiger partial charge in [0.2, 0.25) is 5.95 Å². The number of nitrogen functional groups attached to an aromatic ring is 1. The van der Waals surface area contributed by atoms with Gasteiger partial charge in [-0.15, -0.1) is 5.10 Å². The van der Waals surface area contributed by atoms with Crippen molar-refractivity contribution in [1.82, 2.24) is 25.1 Å². The number of H-pyrrole nitrogens is 1. The molecule has 1 aliphatic rings. The number of aryl methyl sites for hydroxylation is 1. The number of anilines is 1. The van der Waals surface area contributed by atoms with E-state index in [4.69, 9.17) is 10.5 Å². The number of aromatic nitrogens is 4. The molecule has 0 radical (unpaired) electrons. The molecule has 0 aliphatic carbocycles. The Kier molecular flexibility index (Phi) is 4.14. The van der Waals surface area contributed by atoms with Gasteiger partial charge in [0.05, 0.1) is 7.11 Å². The molecule has 1 atom stereocenters. The lowest BCUT2D eigenvalue weighted by Gasteiger charge is -2.31. The number of rotatable bonds is 3. The third-order valence-corrected chi connectivity index (χ3v) is 4.03. The van der Waals surface area contributed by atoms with Crippen molar-refractivity contribution in [3.8, 4) is 5.75 Å².